The number of anilines is 1. The maximum Gasteiger partial charge on any atom is 0.193 e. The summed E-state index contributed by atoms with van der Waals surface area (Å²) in [6.45, 7) is 8.56. The maximum absolute atomic E-state index is 5.90. The van der Waals surface area contributed by atoms with Gasteiger partial charge in [-0.15, -0.1) is 11.3 Å². The first kappa shape index (κ1) is 20.8. The lowest BCUT2D eigenvalue weighted by molar-refractivity contribution is 0.565. The number of hydrogen-bond donors (Lipinski definition) is 1. The van der Waals surface area contributed by atoms with Gasteiger partial charge >= 0.3 is 0 Å². The standard InChI is InChI=1S/C25H25N5S2/c1-15-11-16(2)13-19(12-15)30-23(22(28-24(30)31)21-7-5-6-8-26-21)20-14-17(3)29(18(20)4)25-27-9-10-32-25/h5-14,22-23H,1-4H3,(H,28,31)/t22-,23-/m0/s1. The molecule has 0 unspecified atom stereocenters. The van der Waals surface area contributed by atoms with Crippen molar-refractivity contribution >= 4 is 34.4 Å². The van der Waals surface area contributed by atoms with Crippen LogP contribution in [0.3, 0.4) is 0 Å². The minimum absolute atomic E-state index is 0.0292. The van der Waals surface area contributed by atoms with E-state index in [1.807, 2.05) is 29.9 Å². The van der Waals surface area contributed by atoms with E-state index in [1.165, 1.54) is 22.4 Å². The fraction of sp³-hybridized carbons (Fsp3) is 0.240. The van der Waals surface area contributed by atoms with Crippen LogP contribution in [0, 0.1) is 27.7 Å². The Balaban J connectivity index is 1.70. The lowest BCUT2D eigenvalue weighted by atomic mass is 9.96. The number of benzene rings is 1. The minimum Gasteiger partial charge on any atom is -0.351 e. The number of aromatic nitrogens is 3. The Morgan fingerprint density at radius 3 is 2.41 bits per heavy atom. The van der Waals surface area contributed by atoms with Crippen LogP contribution in [0.2, 0.25) is 0 Å². The number of aryl methyl sites for hydroxylation is 3. The molecule has 7 heteroatoms. The van der Waals surface area contributed by atoms with Crippen LogP contribution >= 0.6 is 23.6 Å². The van der Waals surface area contributed by atoms with Gasteiger partial charge in [-0.05, 0) is 86.9 Å². The number of nitrogens with zero attached hydrogens (tertiary/aromatic N) is 4. The summed E-state index contributed by atoms with van der Waals surface area (Å²) in [6.07, 6.45) is 3.69. The second-order valence-electron chi connectivity index (χ2n) is 8.32. The van der Waals surface area contributed by atoms with Gasteiger partial charge in [0.1, 0.15) is 0 Å². The molecule has 32 heavy (non-hydrogen) atoms. The SMILES string of the molecule is Cc1cc(C)cc(N2C(=S)N[C@@H](c3ccccn3)[C@@H]2c2cc(C)n(-c3nccs3)c2C)c1. The predicted octanol–water partition coefficient (Wildman–Crippen LogP) is 5.74. The number of thiazole rings is 1. The highest BCUT2D eigenvalue weighted by atomic mass is 32.1. The quantitative estimate of drug-likeness (QED) is 0.394. The summed E-state index contributed by atoms with van der Waals surface area (Å²) in [4.78, 5) is 11.5. The van der Waals surface area contributed by atoms with Gasteiger partial charge in [-0.1, -0.05) is 12.1 Å². The number of nitrogens with one attached hydrogen (secondary N) is 1. The van der Waals surface area contributed by atoms with Gasteiger partial charge in [0, 0.05) is 34.8 Å². The minimum atomic E-state index is -0.0604. The Labute approximate surface area is 197 Å². The average molecular weight is 460 g/mol. The van der Waals surface area contributed by atoms with E-state index in [0.717, 1.165) is 27.3 Å². The monoisotopic (exact) mass is 459 g/mol. The van der Waals surface area contributed by atoms with E-state index < -0.39 is 0 Å². The Kier molecular flexibility index (Phi) is 5.31. The van der Waals surface area contributed by atoms with E-state index in [2.05, 4.69) is 82.8 Å². The molecule has 2 atom stereocenters. The second kappa shape index (κ2) is 8.15. The number of rotatable bonds is 4. The van der Waals surface area contributed by atoms with Crippen molar-refractivity contribution in [2.45, 2.75) is 39.8 Å². The topological polar surface area (TPSA) is 46.0 Å². The summed E-state index contributed by atoms with van der Waals surface area (Å²) in [6, 6.07) is 14.8. The molecule has 1 aromatic carbocycles. The zero-order valence-electron chi connectivity index (χ0n) is 18.5. The first-order valence-electron chi connectivity index (χ1n) is 10.6. The Morgan fingerprint density at radius 2 is 1.75 bits per heavy atom. The van der Waals surface area contributed by atoms with Crippen LogP contribution in [0.25, 0.3) is 5.13 Å². The lowest BCUT2D eigenvalue weighted by Gasteiger charge is -2.28. The lowest BCUT2D eigenvalue weighted by Crippen LogP contribution is -2.29. The third-order valence-electron chi connectivity index (χ3n) is 5.98. The molecule has 4 aromatic rings. The van der Waals surface area contributed by atoms with E-state index in [1.54, 1.807) is 11.3 Å². The van der Waals surface area contributed by atoms with Crippen LogP contribution < -0.4 is 10.2 Å². The number of hydrogen-bond acceptors (Lipinski definition) is 4. The zero-order valence-corrected chi connectivity index (χ0v) is 20.2. The summed E-state index contributed by atoms with van der Waals surface area (Å²) in [5.74, 6) is 0. The highest BCUT2D eigenvalue weighted by Crippen LogP contribution is 2.44. The Morgan fingerprint density at radius 1 is 0.969 bits per heavy atom. The molecule has 1 saturated heterocycles. The van der Waals surface area contributed by atoms with Crippen molar-refractivity contribution in [1.82, 2.24) is 19.9 Å². The van der Waals surface area contributed by atoms with Crippen molar-refractivity contribution < 1.29 is 0 Å². The summed E-state index contributed by atoms with van der Waals surface area (Å²) in [5.41, 5.74) is 8.06. The molecular formula is C25H25N5S2. The van der Waals surface area contributed by atoms with E-state index in [9.17, 15) is 0 Å². The van der Waals surface area contributed by atoms with Gasteiger partial charge < -0.3 is 10.2 Å². The molecule has 0 spiro atoms. The Bertz CT molecular complexity index is 1260. The molecule has 0 aliphatic carbocycles. The average Bonchev–Trinajstić information content (AvgIpc) is 3.46. The van der Waals surface area contributed by atoms with Crippen LogP contribution in [0.1, 0.15) is 45.9 Å². The number of pyridine rings is 1. The molecule has 0 bridgehead atoms. The molecule has 0 radical (unpaired) electrons. The predicted molar refractivity (Wildman–Crippen MR) is 135 cm³/mol. The third-order valence-corrected chi connectivity index (χ3v) is 7.05. The molecule has 4 heterocycles. The van der Waals surface area contributed by atoms with Gasteiger partial charge in [0.15, 0.2) is 10.2 Å². The summed E-state index contributed by atoms with van der Waals surface area (Å²) < 4.78 is 2.23. The van der Waals surface area contributed by atoms with Crippen LogP contribution in [0.15, 0.2) is 60.2 Å². The molecule has 1 aliphatic rings. The molecular weight excluding hydrogens is 434 g/mol. The van der Waals surface area contributed by atoms with Crippen LogP contribution in [-0.2, 0) is 0 Å². The van der Waals surface area contributed by atoms with Crippen molar-refractivity contribution in [2.24, 2.45) is 0 Å². The molecule has 5 rings (SSSR count). The van der Waals surface area contributed by atoms with Crippen LogP contribution in [-0.4, -0.2) is 19.6 Å². The summed E-state index contributed by atoms with van der Waals surface area (Å²) >= 11 is 7.54. The van der Waals surface area contributed by atoms with Gasteiger partial charge in [-0.3, -0.25) is 9.55 Å². The van der Waals surface area contributed by atoms with Crippen LogP contribution in [0.5, 0.6) is 0 Å². The third kappa shape index (κ3) is 3.51. The van der Waals surface area contributed by atoms with E-state index in [0.29, 0.717) is 0 Å². The smallest absolute Gasteiger partial charge is 0.193 e. The fourth-order valence-corrected chi connectivity index (χ4v) is 5.84. The maximum atomic E-state index is 5.90. The first-order valence-corrected chi connectivity index (χ1v) is 11.9. The molecule has 0 amide bonds. The summed E-state index contributed by atoms with van der Waals surface area (Å²) in [7, 11) is 0. The van der Waals surface area contributed by atoms with Crippen molar-refractivity contribution in [3.63, 3.8) is 0 Å². The second-order valence-corrected chi connectivity index (χ2v) is 9.58. The molecule has 162 valence electrons. The highest BCUT2D eigenvalue weighted by Gasteiger charge is 2.42. The largest absolute Gasteiger partial charge is 0.351 e. The molecule has 0 saturated carbocycles. The Hall–Kier alpha value is -3.03. The van der Waals surface area contributed by atoms with E-state index >= 15 is 0 Å². The van der Waals surface area contributed by atoms with Crippen molar-refractivity contribution in [3.8, 4) is 5.13 Å². The molecule has 3 aromatic heterocycles. The molecule has 1 fully saturated rings. The summed E-state index contributed by atoms with van der Waals surface area (Å²) in [5, 5.41) is 7.28. The van der Waals surface area contributed by atoms with Gasteiger partial charge in [0.05, 0.1) is 17.8 Å². The normalized spacial score (nSPS) is 18.2. The van der Waals surface area contributed by atoms with Gasteiger partial charge in [-0.2, -0.15) is 0 Å². The van der Waals surface area contributed by atoms with Crippen LogP contribution in [0.4, 0.5) is 5.69 Å². The molecule has 1 aliphatic heterocycles. The van der Waals surface area contributed by atoms with Gasteiger partial charge in [0.2, 0.25) is 0 Å². The van der Waals surface area contributed by atoms with Gasteiger partial charge in [0.25, 0.3) is 0 Å². The number of thiocarbonyl (C=S) groups is 1. The fourth-order valence-electron chi connectivity index (χ4n) is 4.75. The van der Waals surface area contributed by atoms with E-state index in [-0.39, 0.29) is 12.1 Å². The van der Waals surface area contributed by atoms with Crippen molar-refractivity contribution in [1.29, 1.82) is 0 Å². The van der Waals surface area contributed by atoms with Crippen molar-refractivity contribution in [3.05, 3.63) is 94.0 Å². The highest BCUT2D eigenvalue weighted by molar-refractivity contribution is 7.80. The van der Waals surface area contributed by atoms with Crippen molar-refractivity contribution in [2.75, 3.05) is 4.90 Å². The zero-order chi connectivity index (χ0) is 22.4. The molecule has 5 nitrogen and oxygen atoms in total. The van der Waals surface area contributed by atoms with Gasteiger partial charge in [-0.25, -0.2) is 4.98 Å². The first-order chi connectivity index (χ1) is 15.4. The molecule has 1 N–H and O–H groups in total. The van der Waals surface area contributed by atoms with E-state index in [4.69, 9.17) is 12.2 Å².